The largest absolute Gasteiger partial charge is 0.497 e. The van der Waals surface area contributed by atoms with E-state index in [2.05, 4.69) is 17.1 Å². The van der Waals surface area contributed by atoms with Crippen LogP contribution >= 0.6 is 0 Å². The zero-order valence-corrected chi connectivity index (χ0v) is 25.4. The van der Waals surface area contributed by atoms with Crippen LogP contribution in [0.2, 0.25) is 0 Å². The van der Waals surface area contributed by atoms with E-state index in [0.29, 0.717) is 37.8 Å². The Labute approximate surface area is 245 Å². The predicted molar refractivity (Wildman–Crippen MR) is 155 cm³/mol. The summed E-state index contributed by atoms with van der Waals surface area (Å²) in [4.78, 5) is 15.3. The molecule has 3 fully saturated rings. The average molecular weight is 579 g/mol. The predicted octanol–water partition coefficient (Wildman–Crippen LogP) is 5.35. The van der Waals surface area contributed by atoms with Crippen LogP contribution in [0.5, 0.6) is 5.75 Å². The minimum atomic E-state index is -1.16. The molecule has 3 heterocycles. The maximum absolute atomic E-state index is 13.1. The highest BCUT2D eigenvalue weighted by atomic mass is 16.9. The fourth-order valence-corrected chi connectivity index (χ4v) is 5.78. The molecule has 0 bridgehead atoms. The van der Waals surface area contributed by atoms with Crippen molar-refractivity contribution in [1.82, 2.24) is 4.90 Å². The van der Waals surface area contributed by atoms with E-state index in [1.54, 1.807) is 31.4 Å². The quantitative estimate of drug-likeness (QED) is 0.261. The first-order chi connectivity index (χ1) is 19.8. The van der Waals surface area contributed by atoms with Crippen LogP contribution in [0.1, 0.15) is 72.1 Å². The number of unbranched alkanes of at least 4 members (excludes halogenated alkanes) is 7. The number of methoxy groups -OCH3 is 1. The van der Waals surface area contributed by atoms with Crippen molar-refractivity contribution in [3.05, 3.63) is 24.3 Å². The van der Waals surface area contributed by atoms with Gasteiger partial charge in [-0.05, 0) is 44.5 Å². The Hall–Kier alpha value is -1.95. The number of benzene rings is 1. The third-order valence-electron chi connectivity index (χ3n) is 7.85. The Bertz CT molecular complexity index is 923. The zero-order chi connectivity index (χ0) is 29.1. The van der Waals surface area contributed by atoms with E-state index in [1.807, 2.05) is 13.8 Å². The number of nitrogens with one attached hydrogen (secondary N) is 1. The maximum Gasteiger partial charge on any atom is 0.412 e. The molecule has 0 spiro atoms. The molecule has 1 aromatic carbocycles. The second-order valence-corrected chi connectivity index (χ2v) is 11.7. The Morgan fingerprint density at radius 3 is 2.37 bits per heavy atom. The molecule has 1 N–H and O–H groups in total. The SMILES string of the molecule is CCCCCCCCCCOC[C@@]12O[C@@H](CN3CCOCC3)[C@@H](OC(=O)Nc3ccc(OC)cc3)[C@@H]1OC(C)(C)O2. The normalized spacial score (nSPS) is 27.5. The molecule has 4 rings (SSSR count). The van der Waals surface area contributed by atoms with Crippen molar-refractivity contribution in [1.29, 1.82) is 0 Å². The third-order valence-corrected chi connectivity index (χ3v) is 7.85. The molecular weight excluding hydrogens is 528 g/mol. The second-order valence-electron chi connectivity index (χ2n) is 11.7. The Balaban J connectivity index is 1.37. The van der Waals surface area contributed by atoms with Gasteiger partial charge in [0.15, 0.2) is 18.0 Å². The molecule has 1 amide bonds. The van der Waals surface area contributed by atoms with Gasteiger partial charge in [-0.3, -0.25) is 10.2 Å². The highest BCUT2D eigenvalue weighted by Gasteiger charge is 2.66. The summed E-state index contributed by atoms with van der Waals surface area (Å²) in [5.74, 6) is -1.37. The van der Waals surface area contributed by atoms with E-state index in [0.717, 1.165) is 25.9 Å². The molecule has 3 aliphatic heterocycles. The molecule has 3 aliphatic rings. The van der Waals surface area contributed by atoms with Crippen LogP contribution < -0.4 is 10.1 Å². The maximum atomic E-state index is 13.1. The molecule has 3 saturated heterocycles. The molecule has 10 heteroatoms. The second kappa shape index (κ2) is 15.5. The number of amides is 1. The lowest BCUT2D eigenvalue weighted by atomic mass is 10.0. The van der Waals surface area contributed by atoms with Crippen molar-refractivity contribution >= 4 is 11.8 Å². The Morgan fingerprint density at radius 2 is 1.68 bits per heavy atom. The van der Waals surface area contributed by atoms with Crippen molar-refractivity contribution in [2.75, 3.05) is 58.5 Å². The van der Waals surface area contributed by atoms with Gasteiger partial charge < -0.3 is 33.2 Å². The number of rotatable bonds is 16. The minimum Gasteiger partial charge on any atom is -0.497 e. The number of morpholine rings is 1. The summed E-state index contributed by atoms with van der Waals surface area (Å²) < 4.78 is 42.2. The Morgan fingerprint density at radius 1 is 1.00 bits per heavy atom. The molecule has 0 radical (unpaired) electrons. The van der Waals surface area contributed by atoms with Crippen LogP contribution in [0.15, 0.2) is 24.3 Å². The molecule has 0 aromatic heterocycles. The van der Waals surface area contributed by atoms with E-state index >= 15 is 0 Å². The summed E-state index contributed by atoms with van der Waals surface area (Å²) in [6.07, 6.45) is 7.50. The summed E-state index contributed by atoms with van der Waals surface area (Å²) in [6, 6.07) is 7.08. The highest BCUT2D eigenvalue weighted by molar-refractivity contribution is 5.84. The lowest BCUT2D eigenvalue weighted by Crippen LogP contribution is -2.47. The molecule has 41 heavy (non-hydrogen) atoms. The monoisotopic (exact) mass is 578 g/mol. The van der Waals surface area contributed by atoms with Gasteiger partial charge in [0.2, 0.25) is 5.79 Å². The van der Waals surface area contributed by atoms with Crippen molar-refractivity contribution in [2.24, 2.45) is 0 Å². The number of fused-ring (bicyclic) bond motifs is 1. The van der Waals surface area contributed by atoms with Crippen LogP contribution in [-0.4, -0.2) is 94.1 Å². The molecule has 0 saturated carbocycles. The molecule has 10 nitrogen and oxygen atoms in total. The summed E-state index contributed by atoms with van der Waals surface area (Å²) in [7, 11) is 1.60. The van der Waals surface area contributed by atoms with Gasteiger partial charge in [-0.15, -0.1) is 0 Å². The van der Waals surface area contributed by atoms with Crippen LogP contribution in [0, 0.1) is 0 Å². The topological polar surface area (TPSA) is 97.0 Å². The smallest absolute Gasteiger partial charge is 0.412 e. The van der Waals surface area contributed by atoms with Gasteiger partial charge in [-0.2, -0.15) is 0 Å². The third kappa shape index (κ3) is 9.27. The van der Waals surface area contributed by atoms with E-state index < -0.39 is 36.0 Å². The molecule has 0 unspecified atom stereocenters. The number of hydrogen-bond acceptors (Lipinski definition) is 9. The van der Waals surface area contributed by atoms with E-state index in [9.17, 15) is 4.79 Å². The number of ether oxygens (including phenoxy) is 7. The van der Waals surface area contributed by atoms with Gasteiger partial charge in [0.05, 0.1) is 20.3 Å². The number of nitrogens with zero attached hydrogens (tertiary/aromatic N) is 1. The van der Waals surface area contributed by atoms with Crippen LogP contribution in [0.3, 0.4) is 0 Å². The zero-order valence-electron chi connectivity index (χ0n) is 25.4. The first-order valence-corrected chi connectivity index (χ1v) is 15.4. The van der Waals surface area contributed by atoms with Gasteiger partial charge in [0.1, 0.15) is 18.5 Å². The molecule has 1 aromatic rings. The first kappa shape index (κ1) is 32.0. The highest BCUT2D eigenvalue weighted by Crippen LogP contribution is 2.47. The number of carbonyl (C=O) groups excluding carboxylic acids is 1. The number of anilines is 1. The fourth-order valence-electron chi connectivity index (χ4n) is 5.78. The van der Waals surface area contributed by atoms with Gasteiger partial charge >= 0.3 is 6.09 Å². The van der Waals surface area contributed by atoms with Crippen molar-refractivity contribution in [2.45, 2.75) is 102 Å². The standard InChI is InChI=1S/C31H50N2O8/c1-5-6-7-8-9-10-11-12-19-37-23-31-28(40-30(2,3)41-31)27(26(39-31)22-33-17-20-36-21-18-33)38-29(34)32-24-13-15-25(35-4)16-14-24/h13-16,26-28H,5-12,17-23H2,1-4H3,(H,32,34)/t26-,27+,28-,31-/m0/s1. The van der Waals surface area contributed by atoms with E-state index in [1.165, 1.54) is 38.5 Å². The summed E-state index contributed by atoms with van der Waals surface area (Å²) in [5, 5.41) is 2.81. The number of carbonyl (C=O) groups is 1. The van der Waals surface area contributed by atoms with Gasteiger partial charge in [-0.1, -0.05) is 51.9 Å². The average Bonchev–Trinajstić information content (AvgIpc) is 3.36. The lowest BCUT2D eigenvalue weighted by Gasteiger charge is -2.33. The first-order valence-electron chi connectivity index (χ1n) is 15.4. The summed E-state index contributed by atoms with van der Waals surface area (Å²) in [6.45, 7) is 10.2. The van der Waals surface area contributed by atoms with E-state index in [-0.39, 0.29) is 6.61 Å². The van der Waals surface area contributed by atoms with Gasteiger partial charge in [0.25, 0.3) is 0 Å². The van der Waals surface area contributed by atoms with Crippen LogP contribution in [0.25, 0.3) is 0 Å². The van der Waals surface area contributed by atoms with Crippen molar-refractivity contribution in [3.63, 3.8) is 0 Å². The molecule has 232 valence electrons. The molecule has 0 aliphatic carbocycles. The Kier molecular flexibility index (Phi) is 12.1. The van der Waals surface area contributed by atoms with Gasteiger partial charge in [-0.25, -0.2) is 4.79 Å². The summed E-state index contributed by atoms with van der Waals surface area (Å²) >= 11 is 0. The van der Waals surface area contributed by atoms with E-state index in [4.69, 9.17) is 33.2 Å². The number of hydrogen-bond donors (Lipinski definition) is 1. The molecule has 4 atom stereocenters. The van der Waals surface area contributed by atoms with Crippen LogP contribution in [-0.2, 0) is 28.4 Å². The summed E-state index contributed by atoms with van der Waals surface area (Å²) in [5.41, 5.74) is 0.600. The van der Waals surface area contributed by atoms with Crippen molar-refractivity contribution < 1.29 is 38.0 Å². The van der Waals surface area contributed by atoms with Crippen molar-refractivity contribution in [3.8, 4) is 5.75 Å². The minimum absolute atomic E-state index is 0.206. The fraction of sp³-hybridized carbons (Fsp3) is 0.774. The van der Waals surface area contributed by atoms with Crippen LogP contribution in [0.4, 0.5) is 10.5 Å². The lowest BCUT2D eigenvalue weighted by molar-refractivity contribution is -0.279. The van der Waals surface area contributed by atoms with Gasteiger partial charge in [0, 0.05) is 31.9 Å². The molecular formula is C31H50N2O8.